The van der Waals surface area contributed by atoms with Crippen molar-refractivity contribution in [3.8, 4) is 0 Å². The number of rotatable bonds is 5. The summed E-state index contributed by atoms with van der Waals surface area (Å²) in [6, 6.07) is 11.7. The number of carbonyl (C=O) groups is 2. The fraction of sp³-hybridized carbons (Fsp3) is 0.263. The molecule has 0 aliphatic carbocycles. The topological polar surface area (TPSA) is 70.2 Å². The zero-order chi connectivity index (χ0) is 18.5. The van der Waals surface area contributed by atoms with E-state index < -0.39 is 0 Å². The highest BCUT2D eigenvalue weighted by Crippen LogP contribution is 2.20. The Morgan fingerprint density at radius 3 is 2.31 bits per heavy atom. The fourth-order valence-electron chi connectivity index (χ4n) is 2.84. The summed E-state index contributed by atoms with van der Waals surface area (Å²) in [4.78, 5) is 24.4. The van der Waals surface area contributed by atoms with Crippen LogP contribution in [0.4, 0.5) is 5.69 Å². The van der Waals surface area contributed by atoms with Gasteiger partial charge in [-0.3, -0.25) is 9.59 Å². The van der Waals surface area contributed by atoms with E-state index >= 15 is 0 Å². The van der Waals surface area contributed by atoms with Crippen molar-refractivity contribution in [2.24, 2.45) is 0 Å². The van der Waals surface area contributed by atoms with Crippen molar-refractivity contribution in [1.82, 2.24) is 10.6 Å². The Morgan fingerprint density at radius 2 is 1.69 bits per heavy atom. The molecule has 0 saturated carbocycles. The Morgan fingerprint density at radius 1 is 1.00 bits per heavy atom. The molecule has 1 heterocycles. The second-order valence-corrected chi connectivity index (χ2v) is 7.07. The molecule has 1 atom stereocenters. The van der Waals surface area contributed by atoms with Crippen LogP contribution in [0.3, 0.4) is 0 Å². The van der Waals surface area contributed by atoms with E-state index in [2.05, 4.69) is 16.0 Å². The summed E-state index contributed by atoms with van der Waals surface area (Å²) in [5.74, 6) is -0.447. The normalized spacial score (nSPS) is 16.3. The number of hydrogen-bond acceptors (Lipinski definition) is 3. The largest absolute Gasteiger partial charge is 0.350 e. The van der Waals surface area contributed by atoms with Crippen molar-refractivity contribution >= 4 is 40.7 Å². The molecule has 2 amide bonds. The van der Waals surface area contributed by atoms with Gasteiger partial charge in [0.1, 0.15) is 0 Å². The van der Waals surface area contributed by atoms with Crippen LogP contribution >= 0.6 is 23.2 Å². The maximum Gasteiger partial charge on any atom is 0.255 e. The van der Waals surface area contributed by atoms with Crippen LogP contribution in [0, 0.1) is 0 Å². The van der Waals surface area contributed by atoms with Crippen molar-refractivity contribution in [2.45, 2.75) is 18.9 Å². The molecule has 1 saturated heterocycles. The van der Waals surface area contributed by atoms with Gasteiger partial charge in [0.05, 0.1) is 0 Å². The Balaban J connectivity index is 1.58. The lowest BCUT2D eigenvalue weighted by Crippen LogP contribution is -2.37. The van der Waals surface area contributed by atoms with Gasteiger partial charge in [-0.15, -0.1) is 0 Å². The lowest BCUT2D eigenvalue weighted by Gasteiger charge is -2.12. The first-order chi connectivity index (χ1) is 12.5. The Hall–Kier alpha value is -2.08. The van der Waals surface area contributed by atoms with Crippen LogP contribution in [-0.4, -0.2) is 30.9 Å². The van der Waals surface area contributed by atoms with Crippen LogP contribution in [0.1, 0.15) is 33.6 Å². The van der Waals surface area contributed by atoms with Crippen LogP contribution in [0.25, 0.3) is 0 Å². The lowest BCUT2D eigenvalue weighted by molar-refractivity contribution is 0.0949. The summed E-state index contributed by atoms with van der Waals surface area (Å²) in [6.07, 6.45) is 2.23. The highest BCUT2D eigenvalue weighted by molar-refractivity contribution is 6.35. The fourth-order valence-corrected chi connectivity index (χ4v) is 3.37. The molecule has 136 valence electrons. The standard InChI is InChI=1S/C19H19Cl2N3O2/c20-14-8-13(9-15(21)10-14)19(26)24-16-5-3-12(4-6-16)18(25)23-11-17-2-1-7-22-17/h3-6,8-10,17,22H,1-2,7,11H2,(H,23,25)(H,24,26). The maximum atomic E-state index is 12.3. The van der Waals surface area contributed by atoms with E-state index in [0.29, 0.717) is 39.4 Å². The van der Waals surface area contributed by atoms with Gasteiger partial charge >= 0.3 is 0 Å². The third-order valence-electron chi connectivity index (χ3n) is 4.20. The van der Waals surface area contributed by atoms with Crippen molar-refractivity contribution in [3.63, 3.8) is 0 Å². The molecule has 0 spiro atoms. The van der Waals surface area contributed by atoms with Gasteiger partial charge in [0.2, 0.25) is 0 Å². The Kier molecular flexibility index (Phi) is 6.14. The lowest BCUT2D eigenvalue weighted by atomic mass is 10.1. The van der Waals surface area contributed by atoms with E-state index in [0.717, 1.165) is 19.4 Å². The SMILES string of the molecule is O=C(NCC1CCCN1)c1ccc(NC(=O)c2cc(Cl)cc(Cl)c2)cc1. The van der Waals surface area contributed by atoms with E-state index in [-0.39, 0.29) is 11.8 Å². The summed E-state index contributed by atoms with van der Waals surface area (Å²) in [6.45, 7) is 1.62. The number of amides is 2. The summed E-state index contributed by atoms with van der Waals surface area (Å²) in [5.41, 5.74) is 1.50. The van der Waals surface area contributed by atoms with Gasteiger partial charge in [0.25, 0.3) is 11.8 Å². The third kappa shape index (κ3) is 4.97. The highest BCUT2D eigenvalue weighted by Gasteiger charge is 2.15. The predicted molar refractivity (Wildman–Crippen MR) is 104 cm³/mol. The van der Waals surface area contributed by atoms with E-state index in [1.54, 1.807) is 42.5 Å². The molecule has 7 heteroatoms. The van der Waals surface area contributed by atoms with E-state index in [1.165, 1.54) is 0 Å². The first-order valence-electron chi connectivity index (χ1n) is 8.40. The van der Waals surface area contributed by atoms with Gasteiger partial charge in [0, 0.05) is 39.4 Å². The molecular formula is C19H19Cl2N3O2. The highest BCUT2D eigenvalue weighted by atomic mass is 35.5. The minimum atomic E-state index is -0.320. The molecule has 5 nitrogen and oxygen atoms in total. The molecule has 1 unspecified atom stereocenters. The molecule has 1 aliphatic rings. The number of halogens is 2. The molecule has 0 aromatic heterocycles. The smallest absolute Gasteiger partial charge is 0.255 e. The zero-order valence-corrected chi connectivity index (χ0v) is 15.5. The number of hydrogen-bond donors (Lipinski definition) is 3. The van der Waals surface area contributed by atoms with Crippen LogP contribution < -0.4 is 16.0 Å². The monoisotopic (exact) mass is 391 g/mol. The summed E-state index contributed by atoms with van der Waals surface area (Å²) in [5, 5.41) is 9.81. The van der Waals surface area contributed by atoms with Gasteiger partial charge in [-0.2, -0.15) is 0 Å². The molecule has 1 fully saturated rings. The van der Waals surface area contributed by atoms with Crippen molar-refractivity contribution in [2.75, 3.05) is 18.4 Å². The van der Waals surface area contributed by atoms with Gasteiger partial charge in [-0.25, -0.2) is 0 Å². The Labute approximate surface area is 162 Å². The minimum Gasteiger partial charge on any atom is -0.350 e. The predicted octanol–water partition coefficient (Wildman–Crippen LogP) is 3.73. The molecule has 0 bridgehead atoms. The van der Waals surface area contributed by atoms with Crippen molar-refractivity contribution in [3.05, 3.63) is 63.6 Å². The maximum absolute atomic E-state index is 12.3. The number of benzene rings is 2. The molecule has 26 heavy (non-hydrogen) atoms. The minimum absolute atomic E-state index is 0.127. The van der Waals surface area contributed by atoms with Gasteiger partial charge in [0.15, 0.2) is 0 Å². The van der Waals surface area contributed by atoms with E-state index in [1.807, 2.05) is 0 Å². The molecule has 2 aromatic rings. The van der Waals surface area contributed by atoms with Crippen molar-refractivity contribution in [1.29, 1.82) is 0 Å². The summed E-state index contributed by atoms with van der Waals surface area (Å²) in [7, 11) is 0. The Bertz CT molecular complexity index is 783. The summed E-state index contributed by atoms with van der Waals surface area (Å²) >= 11 is 11.8. The van der Waals surface area contributed by atoms with Crippen LogP contribution in [0.15, 0.2) is 42.5 Å². The molecule has 2 aromatic carbocycles. The number of carbonyl (C=O) groups excluding carboxylic acids is 2. The zero-order valence-electron chi connectivity index (χ0n) is 14.0. The molecule has 3 rings (SSSR count). The molecule has 3 N–H and O–H groups in total. The van der Waals surface area contributed by atoms with Crippen LogP contribution in [0.2, 0.25) is 10.0 Å². The molecular weight excluding hydrogens is 373 g/mol. The van der Waals surface area contributed by atoms with Crippen molar-refractivity contribution < 1.29 is 9.59 Å². The third-order valence-corrected chi connectivity index (χ3v) is 4.64. The van der Waals surface area contributed by atoms with E-state index in [9.17, 15) is 9.59 Å². The van der Waals surface area contributed by atoms with Crippen LogP contribution in [-0.2, 0) is 0 Å². The van der Waals surface area contributed by atoms with Gasteiger partial charge in [-0.05, 0) is 61.9 Å². The second-order valence-electron chi connectivity index (χ2n) is 6.19. The molecule has 0 radical (unpaired) electrons. The van der Waals surface area contributed by atoms with Crippen LogP contribution in [0.5, 0.6) is 0 Å². The van der Waals surface area contributed by atoms with Gasteiger partial charge < -0.3 is 16.0 Å². The number of nitrogens with one attached hydrogen (secondary N) is 3. The van der Waals surface area contributed by atoms with Gasteiger partial charge in [-0.1, -0.05) is 23.2 Å². The average Bonchev–Trinajstić information content (AvgIpc) is 3.13. The summed E-state index contributed by atoms with van der Waals surface area (Å²) < 4.78 is 0. The average molecular weight is 392 g/mol. The van der Waals surface area contributed by atoms with E-state index in [4.69, 9.17) is 23.2 Å². The quantitative estimate of drug-likeness (QED) is 0.726. The number of anilines is 1. The second kappa shape index (κ2) is 8.54. The first kappa shape index (κ1) is 18.7. The first-order valence-corrected chi connectivity index (χ1v) is 9.16. The molecule has 1 aliphatic heterocycles.